The van der Waals surface area contributed by atoms with Crippen molar-refractivity contribution in [3.8, 4) is 0 Å². The van der Waals surface area contributed by atoms with E-state index >= 15 is 0 Å². The minimum atomic E-state index is 0.389. The highest BCUT2D eigenvalue weighted by atomic mass is 15.2. The number of nitrogens with zero attached hydrogens (tertiary/aromatic N) is 2. The lowest BCUT2D eigenvalue weighted by molar-refractivity contribution is 1.13. The summed E-state index contributed by atoms with van der Waals surface area (Å²) in [6, 6.07) is 1.78. The first-order valence-electron chi connectivity index (χ1n) is 3.55. The molecule has 0 unspecified atom stereocenters. The van der Waals surface area contributed by atoms with Crippen LogP contribution in [0.4, 0.5) is 11.5 Å². The first kappa shape index (κ1) is 6.90. The number of fused-ring (bicyclic) bond motifs is 1. The van der Waals surface area contributed by atoms with Crippen molar-refractivity contribution in [2.24, 2.45) is 0 Å². The summed E-state index contributed by atoms with van der Waals surface area (Å²) in [4.78, 5) is 4.20. The molecule has 0 radical (unpaired) electrons. The van der Waals surface area contributed by atoms with Gasteiger partial charge in [0.15, 0.2) is 5.82 Å². The zero-order chi connectivity index (χ0) is 8.72. The van der Waals surface area contributed by atoms with Crippen molar-refractivity contribution < 1.29 is 0 Å². The van der Waals surface area contributed by atoms with Crippen molar-refractivity contribution in [3.63, 3.8) is 0 Å². The van der Waals surface area contributed by atoms with Gasteiger partial charge in [0.2, 0.25) is 0 Å². The summed E-state index contributed by atoms with van der Waals surface area (Å²) in [6.45, 7) is 1.86. The molecule has 0 atom stereocenters. The topological polar surface area (TPSA) is 93.6 Å². The van der Waals surface area contributed by atoms with E-state index < -0.39 is 0 Å². The first-order chi connectivity index (χ1) is 5.68. The molecule has 12 heavy (non-hydrogen) atoms. The minimum Gasteiger partial charge on any atom is -0.397 e. The van der Waals surface area contributed by atoms with Crippen molar-refractivity contribution in [1.29, 1.82) is 0 Å². The van der Waals surface area contributed by atoms with Crippen molar-refractivity contribution in [3.05, 3.63) is 11.8 Å². The maximum Gasteiger partial charge on any atom is 0.171 e. The highest BCUT2D eigenvalue weighted by Gasteiger charge is 2.06. The van der Waals surface area contributed by atoms with E-state index in [1.54, 1.807) is 6.07 Å². The molecule has 0 aliphatic heterocycles. The number of H-pyrrole nitrogens is 1. The molecule has 0 bridgehead atoms. The second kappa shape index (κ2) is 2.10. The van der Waals surface area contributed by atoms with Gasteiger partial charge in [0, 0.05) is 5.69 Å². The standard InChI is InChI=1S/C7H9N5/c1-3-2-4(8)5-6(10-3)7(9)12-11-5/h2H,1H3,(H2,8,10)(H3,9,11,12). The van der Waals surface area contributed by atoms with E-state index in [1.165, 1.54) is 0 Å². The number of pyridine rings is 1. The average Bonchev–Trinajstić information content (AvgIpc) is 2.33. The Morgan fingerprint density at radius 2 is 2.17 bits per heavy atom. The summed E-state index contributed by atoms with van der Waals surface area (Å²) >= 11 is 0. The Labute approximate surface area is 68.8 Å². The number of aryl methyl sites for hydroxylation is 1. The Morgan fingerprint density at radius 3 is 2.92 bits per heavy atom. The molecule has 5 nitrogen and oxygen atoms in total. The largest absolute Gasteiger partial charge is 0.397 e. The molecule has 2 aromatic rings. The zero-order valence-electron chi connectivity index (χ0n) is 6.63. The molecule has 0 aliphatic rings. The van der Waals surface area contributed by atoms with Crippen LogP contribution in [0.2, 0.25) is 0 Å². The van der Waals surface area contributed by atoms with Gasteiger partial charge in [0.1, 0.15) is 11.0 Å². The number of nitrogens with two attached hydrogens (primary N) is 2. The Morgan fingerprint density at radius 1 is 1.42 bits per heavy atom. The van der Waals surface area contributed by atoms with Crippen LogP contribution in [0.25, 0.3) is 11.0 Å². The lowest BCUT2D eigenvalue weighted by Crippen LogP contribution is -1.92. The van der Waals surface area contributed by atoms with Gasteiger partial charge in [-0.1, -0.05) is 0 Å². The minimum absolute atomic E-state index is 0.389. The van der Waals surface area contributed by atoms with Crippen LogP contribution in [-0.2, 0) is 0 Å². The Hall–Kier alpha value is -1.78. The average molecular weight is 163 g/mol. The number of hydrogen-bond donors (Lipinski definition) is 3. The SMILES string of the molecule is Cc1cc(N)c2[nH]nc(N)c2n1. The van der Waals surface area contributed by atoms with Crippen LogP contribution in [0.5, 0.6) is 0 Å². The van der Waals surface area contributed by atoms with Crippen LogP contribution in [0.15, 0.2) is 6.07 Å². The van der Waals surface area contributed by atoms with E-state index in [2.05, 4.69) is 15.2 Å². The highest BCUT2D eigenvalue weighted by Crippen LogP contribution is 2.21. The second-order valence-corrected chi connectivity index (χ2v) is 2.69. The molecule has 0 aliphatic carbocycles. The number of aromatic nitrogens is 3. The molecular weight excluding hydrogens is 154 g/mol. The summed E-state index contributed by atoms with van der Waals surface area (Å²) in [5.41, 5.74) is 14.1. The summed E-state index contributed by atoms with van der Waals surface area (Å²) in [5.74, 6) is 0.389. The number of nitrogens with one attached hydrogen (secondary N) is 1. The van der Waals surface area contributed by atoms with E-state index in [4.69, 9.17) is 11.5 Å². The number of rotatable bonds is 0. The number of nitrogen functional groups attached to an aromatic ring is 2. The van der Waals surface area contributed by atoms with E-state index in [0.717, 1.165) is 5.69 Å². The Bertz CT molecular complexity index is 431. The van der Waals surface area contributed by atoms with Gasteiger partial charge >= 0.3 is 0 Å². The van der Waals surface area contributed by atoms with Crippen LogP contribution in [0.3, 0.4) is 0 Å². The van der Waals surface area contributed by atoms with Gasteiger partial charge in [-0.2, -0.15) is 5.10 Å². The predicted molar refractivity (Wildman–Crippen MR) is 47.5 cm³/mol. The van der Waals surface area contributed by atoms with Gasteiger partial charge in [-0.05, 0) is 13.0 Å². The van der Waals surface area contributed by atoms with Gasteiger partial charge in [0.25, 0.3) is 0 Å². The highest BCUT2D eigenvalue weighted by molar-refractivity contribution is 5.92. The fraction of sp³-hybridized carbons (Fsp3) is 0.143. The third-order valence-electron chi connectivity index (χ3n) is 1.71. The van der Waals surface area contributed by atoms with Gasteiger partial charge < -0.3 is 11.5 Å². The lowest BCUT2D eigenvalue weighted by Gasteiger charge is -1.96. The molecule has 0 aromatic carbocycles. The third-order valence-corrected chi connectivity index (χ3v) is 1.71. The smallest absolute Gasteiger partial charge is 0.171 e. The summed E-state index contributed by atoms with van der Waals surface area (Å²) in [5, 5.41) is 6.53. The molecule has 0 spiro atoms. The van der Waals surface area contributed by atoms with E-state index in [1.807, 2.05) is 6.92 Å². The maximum atomic E-state index is 5.70. The van der Waals surface area contributed by atoms with Gasteiger partial charge in [-0.3, -0.25) is 5.10 Å². The van der Waals surface area contributed by atoms with E-state index in [9.17, 15) is 0 Å². The molecule has 2 aromatic heterocycles. The molecule has 62 valence electrons. The first-order valence-corrected chi connectivity index (χ1v) is 3.55. The summed E-state index contributed by atoms with van der Waals surface area (Å²) in [6.07, 6.45) is 0. The molecule has 5 heteroatoms. The maximum absolute atomic E-state index is 5.70. The molecule has 2 rings (SSSR count). The molecule has 0 saturated carbocycles. The van der Waals surface area contributed by atoms with E-state index in [-0.39, 0.29) is 0 Å². The van der Waals surface area contributed by atoms with Crippen LogP contribution < -0.4 is 11.5 Å². The molecule has 5 N–H and O–H groups in total. The molecular formula is C7H9N5. The number of anilines is 2. The zero-order valence-corrected chi connectivity index (χ0v) is 6.63. The van der Waals surface area contributed by atoms with Crippen molar-refractivity contribution in [2.45, 2.75) is 6.92 Å². The Kier molecular flexibility index (Phi) is 1.21. The van der Waals surface area contributed by atoms with Crippen molar-refractivity contribution >= 4 is 22.5 Å². The van der Waals surface area contributed by atoms with Gasteiger partial charge in [-0.15, -0.1) is 0 Å². The second-order valence-electron chi connectivity index (χ2n) is 2.69. The molecule has 0 saturated heterocycles. The van der Waals surface area contributed by atoms with Crippen LogP contribution >= 0.6 is 0 Å². The van der Waals surface area contributed by atoms with E-state index in [0.29, 0.717) is 22.5 Å². The monoisotopic (exact) mass is 163 g/mol. The van der Waals surface area contributed by atoms with Crippen LogP contribution in [-0.4, -0.2) is 15.2 Å². The van der Waals surface area contributed by atoms with Gasteiger partial charge in [-0.25, -0.2) is 4.98 Å². The third kappa shape index (κ3) is 0.795. The quantitative estimate of drug-likeness (QED) is 0.525. The molecule has 0 fully saturated rings. The van der Waals surface area contributed by atoms with Crippen LogP contribution in [0, 0.1) is 6.92 Å². The summed E-state index contributed by atoms with van der Waals surface area (Å²) in [7, 11) is 0. The number of aromatic amines is 1. The predicted octanol–water partition coefficient (Wildman–Crippen LogP) is 0.431. The Balaban J connectivity index is 2.92. The summed E-state index contributed by atoms with van der Waals surface area (Å²) < 4.78 is 0. The lowest BCUT2D eigenvalue weighted by atomic mass is 10.3. The van der Waals surface area contributed by atoms with Crippen LogP contribution in [0.1, 0.15) is 5.69 Å². The fourth-order valence-corrected chi connectivity index (χ4v) is 1.17. The molecule has 2 heterocycles. The molecule has 0 amide bonds. The fourth-order valence-electron chi connectivity index (χ4n) is 1.17. The van der Waals surface area contributed by atoms with Crippen molar-refractivity contribution in [2.75, 3.05) is 11.5 Å². The normalized spacial score (nSPS) is 10.8. The number of hydrogen-bond acceptors (Lipinski definition) is 4. The van der Waals surface area contributed by atoms with Crippen molar-refractivity contribution in [1.82, 2.24) is 15.2 Å². The van der Waals surface area contributed by atoms with Gasteiger partial charge in [0.05, 0.1) is 5.69 Å².